The van der Waals surface area contributed by atoms with Crippen LogP contribution in [0.3, 0.4) is 0 Å². The van der Waals surface area contributed by atoms with Gasteiger partial charge in [0.15, 0.2) is 11.3 Å². The summed E-state index contributed by atoms with van der Waals surface area (Å²) in [5.74, 6) is 0.394. The van der Waals surface area contributed by atoms with Crippen LogP contribution in [0.4, 0.5) is 5.88 Å². The first-order valence-corrected chi connectivity index (χ1v) is 9.53. The van der Waals surface area contributed by atoms with Crippen LogP contribution in [-0.4, -0.2) is 50.7 Å². The summed E-state index contributed by atoms with van der Waals surface area (Å²) in [6.45, 7) is 5.89. The lowest BCUT2D eigenvalue weighted by molar-refractivity contribution is 0.0517. The summed E-state index contributed by atoms with van der Waals surface area (Å²) in [7, 11) is 3.38. The van der Waals surface area contributed by atoms with E-state index in [1.165, 1.54) is 11.0 Å². The van der Waals surface area contributed by atoms with Crippen LogP contribution in [0.25, 0.3) is 11.0 Å². The molecular formula is C19H24Br2N2O4. The van der Waals surface area contributed by atoms with Crippen molar-refractivity contribution in [3.8, 4) is 0 Å². The van der Waals surface area contributed by atoms with Crippen molar-refractivity contribution in [3.63, 3.8) is 0 Å². The molecule has 1 fully saturated rings. The van der Waals surface area contributed by atoms with E-state index in [4.69, 9.17) is 9.15 Å². The molecule has 1 aliphatic heterocycles. The summed E-state index contributed by atoms with van der Waals surface area (Å²) in [6.07, 6.45) is 0.0828. The van der Waals surface area contributed by atoms with Crippen LogP contribution >= 0.6 is 32.9 Å². The molecule has 0 spiro atoms. The topological polar surface area (TPSA) is 63.0 Å². The van der Waals surface area contributed by atoms with Crippen LogP contribution in [0.1, 0.15) is 34.6 Å². The van der Waals surface area contributed by atoms with Crippen molar-refractivity contribution in [3.05, 3.63) is 39.5 Å². The molecule has 2 aromatic rings. The highest BCUT2D eigenvalue weighted by Crippen LogP contribution is 2.32. The number of ether oxygens (including phenoxy) is 1. The smallest absolute Gasteiger partial charge is 0.253 e. The lowest BCUT2D eigenvalue weighted by Gasteiger charge is -2.31. The van der Waals surface area contributed by atoms with Crippen molar-refractivity contribution in [2.75, 3.05) is 38.7 Å². The molecule has 3 rings (SSSR count). The molecule has 148 valence electrons. The van der Waals surface area contributed by atoms with Crippen LogP contribution in [0.15, 0.2) is 27.4 Å². The van der Waals surface area contributed by atoms with Crippen LogP contribution in [0.5, 0.6) is 0 Å². The second-order valence-corrected chi connectivity index (χ2v) is 8.21. The van der Waals surface area contributed by atoms with Gasteiger partial charge >= 0.3 is 0 Å². The van der Waals surface area contributed by atoms with Gasteiger partial charge in [0.05, 0.1) is 18.1 Å². The summed E-state index contributed by atoms with van der Waals surface area (Å²) in [5.41, 5.74) is 1.63. The van der Waals surface area contributed by atoms with Crippen molar-refractivity contribution in [1.82, 2.24) is 4.90 Å². The third-order valence-corrected chi connectivity index (χ3v) is 4.97. The lowest BCUT2D eigenvalue weighted by Crippen LogP contribution is -2.41. The lowest BCUT2D eigenvalue weighted by atomic mass is 10.0. The highest BCUT2D eigenvalue weighted by atomic mass is 79.9. The van der Waals surface area contributed by atoms with E-state index < -0.39 is 0 Å². The fourth-order valence-electron chi connectivity index (χ4n) is 3.12. The van der Waals surface area contributed by atoms with Gasteiger partial charge in [-0.25, -0.2) is 0 Å². The Kier molecular flexibility index (Phi) is 7.10. The summed E-state index contributed by atoms with van der Waals surface area (Å²) >= 11 is 3.56. The first-order valence-electron chi connectivity index (χ1n) is 8.62. The van der Waals surface area contributed by atoms with E-state index >= 15 is 0 Å². The van der Waals surface area contributed by atoms with E-state index in [1.54, 1.807) is 26.2 Å². The van der Waals surface area contributed by atoms with E-state index in [9.17, 15) is 9.59 Å². The summed E-state index contributed by atoms with van der Waals surface area (Å²) in [4.78, 5) is 28.6. The Balaban J connectivity index is 0.00000261. The number of benzene rings is 1. The second-order valence-electron chi connectivity index (χ2n) is 6.83. The number of carbonyl (C=O) groups is 1. The van der Waals surface area contributed by atoms with E-state index in [-0.39, 0.29) is 39.2 Å². The van der Waals surface area contributed by atoms with E-state index in [1.807, 2.05) is 18.7 Å². The normalized spacial score (nSPS) is 18.1. The molecule has 2 atom stereocenters. The van der Waals surface area contributed by atoms with E-state index in [0.717, 1.165) is 5.56 Å². The Morgan fingerprint density at radius 3 is 2.63 bits per heavy atom. The molecule has 2 heterocycles. The Labute approximate surface area is 177 Å². The van der Waals surface area contributed by atoms with Gasteiger partial charge in [0, 0.05) is 49.2 Å². The zero-order valence-electron chi connectivity index (χ0n) is 15.8. The van der Waals surface area contributed by atoms with Gasteiger partial charge in [-0.2, -0.15) is 0 Å². The van der Waals surface area contributed by atoms with Crippen molar-refractivity contribution >= 4 is 55.7 Å². The molecule has 1 amide bonds. The SMILES string of the molecule is Br.CC(Br)c1cc(C(=O)N(C)C)cc2c(=O)cc(N3CCO[C@H](C)C3)oc12. The summed E-state index contributed by atoms with van der Waals surface area (Å²) in [5, 5.41) is 0.420. The van der Waals surface area contributed by atoms with Gasteiger partial charge in [0.1, 0.15) is 5.58 Å². The average Bonchev–Trinajstić information content (AvgIpc) is 2.60. The summed E-state index contributed by atoms with van der Waals surface area (Å²) in [6, 6.07) is 4.92. The second kappa shape index (κ2) is 8.75. The monoisotopic (exact) mass is 502 g/mol. The predicted molar refractivity (Wildman–Crippen MR) is 116 cm³/mol. The number of rotatable bonds is 3. The third kappa shape index (κ3) is 4.55. The number of nitrogens with zero attached hydrogens (tertiary/aromatic N) is 2. The average molecular weight is 504 g/mol. The maximum Gasteiger partial charge on any atom is 0.253 e. The van der Waals surface area contributed by atoms with Gasteiger partial charge in [-0.3, -0.25) is 9.59 Å². The van der Waals surface area contributed by atoms with Crippen molar-refractivity contribution in [1.29, 1.82) is 0 Å². The standard InChI is InChI=1S/C19H23BrN2O4.BrH/c1-11-10-22(5-6-25-11)17-9-16(23)15-8-13(19(24)21(3)4)7-14(12(2)20)18(15)26-17;/h7-9,11-12H,5-6,10H2,1-4H3;1H/t11-,12?;/m1./s1. The van der Waals surface area contributed by atoms with Gasteiger partial charge in [-0.1, -0.05) is 15.9 Å². The zero-order chi connectivity index (χ0) is 19.0. The molecule has 0 aliphatic carbocycles. The molecule has 0 saturated carbocycles. The maximum atomic E-state index is 12.8. The number of amides is 1. The van der Waals surface area contributed by atoms with Gasteiger partial charge in [-0.05, 0) is 26.0 Å². The van der Waals surface area contributed by atoms with E-state index in [0.29, 0.717) is 42.1 Å². The number of halogens is 2. The Hall–Kier alpha value is -1.38. The maximum absolute atomic E-state index is 12.8. The molecule has 27 heavy (non-hydrogen) atoms. The van der Waals surface area contributed by atoms with Gasteiger partial charge in [-0.15, -0.1) is 17.0 Å². The Morgan fingerprint density at radius 1 is 1.33 bits per heavy atom. The predicted octanol–water partition coefficient (Wildman–Crippen LogP) is 3.75. The van der Waals surface area contributed by atoms with Gasteiger partial charge in [0.2, 0.25) is 0 Å². The molecule has 0 radical (unpaired) electrons. The number of hydrogen-bond acceptors (Lipinski definition) is 5. The minimum Gasteiger partial charge on any atom is -0.440 e. The number of fused-ring (bicyclic) bond motifs is 1. The minimum absolute atomic E-state index is 0. The molecule has 0 N–H and O–H groups in total. The highest BCUT2D eigenvalue weighted by Gasteiger charge is 2.22. The zero-order valence-corrected chi connectivity index (χ0v) is 19.1. The van der Waals surface area contributed by atoms with Gasteiger partial charge in [0.25, 0.3) is 5.91 Å². The number of anilines is 1. The number of hydrogen-bond donors (Lipinski definition) is 0. The molecule has 8 heteroatoms. The number of carbonyl (C=O) groups excluding carboxylic acids is 1. The fraction of sp³-hybridized carbons (Fsp3) is 0.474. The Morgan fingerprint density at radius 2 is 2.04 bits per heavy atom. The quantitative estimate of drug-likeness (QED) is 0.597. The highest BCUT2D eigenvalue weighted by molar-refractivity contribution is 9.09. The number of alkyl halides is 1. The first kappa shape index (κ1) is 21.9. The fourth-order valence-corrected chi connectivity index (χ4v) is 3.46. The van der Waals surface area contributed by atoms with Crippen LogP contribution in [-0.2, 0) is 4.74 Å². The van der Waals surface area contributed by atoms with Crippen molar-refractivity contribution in [2.45, 2.75) is 24.8 Å². The molecule has 1 aromatic carbocycles. The Bertz CT molecular complexity index is 895. The summed E-state index contributed by atoms with van der Waals surface area (Å²) < 4.78 is 11.7. The molecule has 1 aromatic heterocycles. The molecule has 1 unspecified atom stereocenters. The van der Waals surface area contributed by atoms with Crippen LogP contribution < -0.4 is 10.3 Å². The first-order chi connectivity index (χ1) is 12.3. The van der Waals surface area contributed by atoms with Crippen LogP contribution in [0.2, 0.25) is 0 Å². The molecular weight excluding hydrogens is 480 g/mol. The molecule has 1 aliphatic rings. The van der Waals surface area contributed by atoms with Crippen LogP contribution in [0, 0.1) is 0 Å². The van der Waals surface area contributed by atoms with E-state index in [2.05, 4.69) is 15.9 Å². The molecule has 6 nitrogen and oxygen atoms in total. The third-order valence-electron chi connectivity index (χ3n) is 4.48. The molecule has 1 saturated heterocycles. The molecule has 0 bridgehead atoms. The number of morpholine rings is 1. The van der Waals surface area contributed by atoms with Crippen molar-refractivity contribution in [2.24, 2.45) is 0 Å². The minimum atomic E-state index is -0.150. The van der Waals surface area contributed by atoms with Gasteiger partial charge < -0.3 is 19.0 Å². The van der Waals surface area contributed by atoms with Crippen molar-refractivity contribution < 1.29 is 13.9 Å². The largest absolute Gasteiger partial charge is 0.440 e.